The zero-order valence-corrected chi connectivity index (χ0v) is 14.5. The van der Waals surface area contributed by atoms with E-state index in [1.165, 1.54) is 0 Å². The maximum atomic E-state index is 11.8. The fourth-order valence-corrected chi connectivity index (χ4v) is 2.23. The summed E-state index contributed by atoms with van der Waals surface area (Å²) in [5.74, 6) is 0.722. The first-order valence-corrected chi connectivity index (χ1v) is 7.91. The Labute approximate surface area is 145 Å². The molecule has 0 aliphatic rings. The molecule has 2 aromatic rings. The number of carbonyl (C=O) groups is 1. The summed E-state index contributed by atoms with van der Waals surface area (Å²) in [5, 5.41) is 6.77. The standard InChI is InChI=1S/C17H18Cl2N2O2/c1-11-3-4-13(18)10-16(11)21-17(22)20-7-8-23-14-5-6-15(19)12(2)9-14/h3-6,9-10H,7-8H2,1-2H3,(H2,20,21,22). The molecule has 0 aliphatic carbocycles. The number of carbonyl (C=O) groups excluding carboxylic acids is 1. The second-order valence-corrected chi connectivity index (χ2v) is 5.94. The van der Waals surface area contributed by atoms with E-state index in [1.54, 1.807) is 24.3 Å². The maximum absolute atomic E-state index is 11.8. The van der Waals surface area contributed by atoms with Crippen molar-refractivity contribution in [1.82, 2.24) is 5.32 Å². The highest BCUT2D eigenvalue weighted by Gasteiger charge is 2.05. The lowest BCUT2D eigenvalue weighted by molar-refractivity contribution is 0.247. The third-order valence-electron chi connectivity index (χ3n) is 3.23. The summed E-state index contributed by atoms with van der Waals surface area (Å²) >= 11 is 11.9. The van der Waals surface area contributed by atoms with Gasteiger partial charge < -0.3 is 15.4 Å². The average molecular weight is 353 g/mol. The van der Waals surface area contributed by atoms with Crippen LogP contribution >= 0.6 is 23.2 Å². The van der Waals surface area contributed by atoms with Gasteiger partial charge in [-0.3, -0.25) is 0 Å². The Bertz CT molecular complexity index is 705. The minimum atomic E-state index is -0.300. The number of benzene rings is 2. The zero-order valence-electron chi connectivity index (χ0n) is 13.0. The van der Waals surface area contributed by atoms with E-state index in [4.69, 9.17) is 27.9 Å². The summed E-state index contributed by atoms with van der Waals surface area (Å²) in [6, 6.07) is 10.5. The number of urea groups is 1. The molecule has 122 valence electrons. The van der Waals surface area contributed by atoms with E-state index < -0.39 is 0 Å². The molecular weight excluding hydrogens is 335 g/mol. The van der Waals surface area contributed by atoms with Crippen molar-refractivity contribution in [2.45, 2.75) is 13.8 Å². The van der Waals surface area contributed by atoms with Crippen molar-refractivity contribution in [3.05, 3.63) is 57.6 Å². The Morgan fingerprint density at radius 2 is 1.87 bits per heavy atom. The van der Waals surface area contributed by atoms with Gasteiger partial charge >= 0.3 is 6.03 Å². The Morgan fingerprint density at radius 3 is 2.61 bits per heavy atom. The smallest absolute Gasteiger partial charge is 0.319 e. The second kappa shape index (κ2) is 8.09. The highest BCUT2D eigenvalue weighted by atomic mass is 35.5. The third-order valence-corrected chi connectivity index (χ3v) is 3.89. The molecule has 0 saturated carbocycles. The van der Waals surface area contributed by atoms with E-state index in [2.05, 4.69) is 10.6 Å². The molecule has 0 aromatic heterocycles. The molecule has 0 fully saturated rings. The van der Waals surface area contributed by atoms with Crippen LogP contribution in [-0.2, 0) is 0 Å². The fourth-order valence-electron chi connectivity index (χ4n) is 1.94. The number of ether oxygens (including phenoxy) is 1. The van der Waals surface area contributed by atoms with Crippen molar-refractivity contribution < 1.29 is 9.53 Å². The van der Waals surface area contributed by atoms with Crippen molar-refractivity contribution >= 4 is 34.9 Å². The van der Waals surface area contributed by atoms with Crippen molar-refractivity contribution in [3.8, 4) is 5.75 Å². The SMILES string of the molecule is Cc1cc(OCCNC(=O)Nc2cc(Cl)ccc2C)ccc1Cl. The molecule has 0 bridgehead atoms. The van der Waals surface area contributed by atoms with Gasteiger partial charge in [-0.2, -0.15) is 0 Å². The van der Waals surface area contributed by atoms with E-state index in [9.17, 15) is 4.79 Å². The van der Waals surface area contributed by atoms with Gasteiger partial charge in [-0.1, -0.05) is 29.3 Å². The third kappa shape index (κ3) is 5.34. The molecule has 2 aromatic carbocycles. The van der Waals surface area contributed by atoms with Crippen molar-refractivity contribution in [2.75, 3.05) is 18.5 Å². The van der Waals surface area contributed by atoms with Crippen LogP contribution in [0, 0.1) is 13.8 Å². The molecule has 0 heterocycles. The number of nitrogens with one attached hydrogen (secondary N) is 2. The number of rotatable bonds is 5. The first-order chi connectivity index (χ1) is 11.0. The van der Waals surface area contributed by atoms with Gasteiger partial charge in [0, 0.05) is 15.7 Å². The van der Waals surface area contributed by atoms with Gasteiger partial charge in [0.2, 0.25) is 0 Å². The van der Waals surface area contributed by atoms with Gasteiger partial charge in [0.25, 0.3) is 0 Å². The van der Waals surface area contributed by atoms with Crippen LogP contribution in [-0.4, -0.2) is 19.2 Å². The van der Waals surface area contributed by atoms with Gasteiger partial charge in [-0.05, 0) is 55.3 Å². The average Bonchev–Trinajstić information content (AvgIpc) is 2.51. The number of hydrogen-bond donors (Lipinski definition) is 2. The van der Waals surface area contributed by atoms with Crippen LogP contribution in [0.4, 0.5) is 10.5 Å². The van der Waals surface area contributed by atoms with Crippen LogP contribution in [0.3, 0.4) is 0 Å². The van der Waals surface area contributed by atoms with Crippen LogP contribution in [0.15, 0.2) is 36.4 Å². The van der Waals surface area contributed by atoms with Crippen LogP contribution < -0.4 is 15.4 Å². The van der Waals surface area contributed by atoms with Crippen LogP contribution in [0.5, 0.6) is 5.75 Å². The van der Waals surface area contributed by atoms with Crippen molar-refractivity contribution in [3.63, 3.8) is 0 Å². The Morgan fingerprint density at radius 1 is 1.09 bits per heavy atom. The maximum Gasteiger partial charge on any atom is 0.319 e. The number of halogens is 2. The topological polar surface area (TPSA) is 50.4 Å². The molecule has 6 heteroatoms. The van der Waals surface area contributed by atoms with Crippen molar-refractivity contribution in [2.24, 2.45) is 0 Å². The number of aryl methyl sites for hydroxylation is 2. The Hall–Kier alpha value is -1.91. The predicted octanol–water partition coefficient (Wildman–Crippen LogP) is 4.81. The number of anilines is 1. The first kappa shape index (κ1) is 17.4. The van der Waals surface area contributed by atoms with Crippen LogP contribution in [0.2, 0.25) is 10.0 Å². The molecule has 0 unspecified atom stereocenters. The van der Waals surface area contributed by atoms with Gasteiger partial charge in [-0.25, -0.2) is 4.79 Å². The molecule has 0 atom stereocenters. The van der Waals surface area contributed by atoms with E-state index in [-0.39, 0.29) is 6.03 Å². The molecule has 2 rings (SSSR count). The molecule has 0 aliphatic heterocycles. The minimum absolute atomic E-state index is 0.300. The first-order valence-electron chi connectivity index (χ1n) is 7.15. The van der Waals surface area contributed by atoms with Crippen LogP contribution in [0.1, 0.15) is 11.1 Å². The van der Waals surface area contributed by atoms with Gasteiger partial charge in [0.05, 0.1) is 6.54 Å². The summed E-state index contributed by atoms with van der Waals surface area (Å²) in [7, 11) is 0. The van der Waals surface area contributed by atoms with Gasteiger partial charge in [0.15, 0.2) is 0 Å². The highest BCUT2D eigenvalue weighted by molar-refractivity contribution is 6.31. The summed E-state index contributed by atoms with van der Waals surface area (Å²) in [6.45, 7) is 4.56. The summed E-state index contributed by atoms with van der Waals surface area (Å²) in [5.41, 5.74) is 2.58. The van der Waals surface area contributed by atoms with E-state index >= 15 is 0 Å². The molecule has 0 spiro atoms. The number of hydrogen-bond acceptors (Lipinski definition) is 2. The van der Waals surface area contributed by atoms with Gasteiger partial charge in [-0.15, -0.1) is 0 Å². The molecule has 0 radical (unpaired) electrons. The van der Waals surface area contributed by atoms with E-state index in [0.29, 0.717) is 28.9 Å². The molecule has 0 saturated heterocycles. The number of amides is 2. The zero-order chi connectivity index (χ0) is 16.8. The summed E-state index contributed by atoms with van der Waals surface area (Å²) in [4.78, 5) is 11.8. The second-order valence-electron chi connectivity index (χ2n) is 5.10. The quantitative estimate of drug-likeness (QED) is 0.758. The van der Waals surface area contributed by atoms with E-state index in [0.717, 1.165) is 16.9 Å². The van der Waals surface area contributed by atoms with Gasteiger partial charge in [0.1, 0.15) is 12.4 Å². The lowest BCUT2D eigenvalue weighted by Crippen LogP contribution is -2.32. The van der Waals surface area contributed by atoms with Crippen LogP contribution in [0.25, 0.3) is 0 Å². The monoisotopic (exact) mass is 352 g/mol. The fraction of sp³-hybridized carbons (Fsp3) is 0.235. The predicted molar refractivity (Wildman–Crippen MR) is 94.9 cm³/mol. The lowest BCUT2D eigenvalue weighted by atomic mass is 10.2. The Kier molecular flexibility index (Phi) is 6.13. The summed E-state index contributed by atoms with van der Waals surface area (Å²) in [6.07, 6.45) is 0. The summed E-state index contributed by atoms with van der Waals surface area (Å²) < 4.78 is 5.56. The largest absolute Gasteiger partial charge is 0.492 e. The lowest BCUT2D eigenvalue weighted by Gasteiger charge is -2.11. The van der Waals surface area contributed by atoms with Crippen molar-refractivity contribution in [1.29, 1.82) is 0 Å². The highest BCUT2D eigenvalue weighted by Crippen LogP contribution is 2.21. The van der Waals surface area contributed by atoms with E-state index in [1.807, 2.05) is 26.0 Å². The Balaban J connectivity index is 1.76. The molecule has 23 heavy (non-hydrogen) atoms. The molecule has 4 nitrogen and oxygen atoms in total. The molecule has 2 amide bonds. The minimum Gasteiger partial charge on any atom is -0.492 e. The molecular formula is C17H18Cl2N2O2. The molecule has 2 N–H and O–H groups in total. The normalized spacial score (nSPS) is 10.3.